The standard InChI is InChI=1S/C13H36NO2Si3/c1-14(2,3)12-11-13-19(10,15-17(4,5)6)16-18(7,8)9/h11-13H2,1-10H3/q+1. The zero-order valence-corrected chi connectivity index (χ0v) is 17.9. The van der Waals surface area contributed by atoms with Crippen LogP contribution in [0.15, 0.2) is 0 Å². The first kappa shape index (κ1) is 19.5. The van der Waals surface area contributed by atoms with Crippen molar-refractivity contribution in [3.05, 3.63) is 0 Å². The van der Waals surface area contributed by atoms with Gasteiger partial charge in [-0.25, -0.2) is 0 Å². The summed E-state index contributed by atoms with van der Waals surface area (Å²) in [5, 5.41) is 0. The minimum Gasteiger partial charge on any atom is -0.437 e. The molecule has 116 valence electrons. The maximum Gasteiger partial charge on any atom is 0.314 e. The van der Waals surface area contributed by atoms with Gasteiger partial charge < -0.3 is 12.7 Å². The van der Waals surface area contributed by atoms with Gasteiger partial charge in [-0.05, 0) is 58.3 Å². The molecule has 0 saturated carbocycles. The van der Waals surface area contributed by atoms with Crippen LogP contribution in [0.5, 0.6) is 0 Å². The monoisotopic (exact) mass is 322 g/mol. The Morgan fingerprint density at radius 2 is 1.11 bits per heavy atom. The Hall–Kier alpha value is 0.531. The lowest BCUT2D eigenvalue weighted by Gasteiger charge is -2.39. The molecule has 0 amide bonds. The van der Waals surface area contributed by atoms with E-state index in [4.69, 9.17) is 8.23 Å². The Morgan fingerprint density at radius 1 is 0.737 bits per heavy atom. The molecule has 0 heterocycles. The van der Waals surface area contributed by atoms with Crippen LogP contribution in [0.25, 0.3) is 0 Å². The summed E-state index contributed by atoms with van der Waals surface area (Å²) in [5.41, 5.74) is 0. The first-order valence-electron chi connectivity index (χ1n) is 7.33. The summed E-state index contributed by atoms with van der Waals surface area (Å²) in [6.07, 6.45) is 1.20. The Labute approximate surface area is 124 Å². The van der Waals surface area contributed by atoms with E-state index in [1.165, 1.54) is 13.0 Å². The Kier molecular flexibility index (Phi) is 6.71. The third-order valence-corrected chi connectivity index (χ3v) is 12.1. The molecule has 0 radical (unpaired) electrons. The summed E-state index contributed by atoms with van der Waals surface area (Å²) in [7, 11) is 1.67. The van der Waals surface area contributed by atoms with E-state index >= 15 is 0 Å². The highest BCUT2D eigenvalue weighted by Gasteiger charge is 2.40. The van der Waals surface area contributed by atoms with E-state index in [1.54, 1.807) is 0 Å². The van der Waals surface area contributed by atoms with E-state index in [2.05, 4.69) is 67.0 Å². The van der Waals surface area contributed by atoms with Crippen LogP contribution >= 0.6 is 0 Å². The number of quaternary nitrogens is 1. The minimum absolute atomic E-state index is 1.02. The highest BCUT2D eigenvalue weighted by molar-refractivity contribution is 6.87. The quantitative estimate of drug-likeness (QED) is 0.499. The van der Waals surface area contributed by atoms with E-state index in [1.807, 2.05) is 0 Å². The summed E-state index contributed by atoms with van der Waals surface area (Å²) in [5.74, 6) is 0. The van der Waals surface area contributed by atoms with Gasteiger partial charge in [-0.2, -0.15) is 0 Å². The predicted molar refractivity (Wildman–Crippen MR) is 92.8 cm³/mol. The molecule has 0 unspecified atom stereocenters. The summed E-state index contributed by atoms with van der Waals surface area (Å²) in [4.78, 5) is 0. The van der Waals surface area contributed by atoms with Crippen LogP contribution in [0.1, 0.15) is 6.42 Å². The SMILES string of the molecule is C[N+](C)(C)CCC[Si](C)(O[Si](C)(C)C)O[Si](C)(C)C. The highest BCUT2D eigenvalue weighted by atomic mass is 28.5. The van der Waals surface area contributed by atoms with E-state index in [0.717, 1.165) is 10.5 Å². The molecule has 0 aromatic carbocycles. The molecule has 19 heavy (non-hydrogen) atoms. The molecule has 0 aliphatic rings. The van der Waals surface area contributed by atoms with Gasteiger partial charge in [0.05, 0.1) is 27.7 Å². The molecule has 3 nitrogen and oxygen atoms in total. The fourth-order valence-electron chi connectivity index (χ4n) is 2.29. The van der Waals surface area contributed by atoms with E-state index in [9.17, 15) is 0 Å². The summed E-state index contributed by atoms with van der Waals surface area (Å²) in [6, 6.07) is 1.12. The van der Waals surface area contributed by atoms with E-state index < -0.39 is 25.2 Å². The zero-order valence-electron chi connectivity index (χ0n) is 14.9. The van der Waals surface area contributed by atoms with Gasteiger partial charge in [0.2, 0.25) is 0 Å². The molecule has 0 N–H and O–H groups in total. The first-order chi connectivity index (χ1) is 8.12. The second kappa shape index (κ2) is 6.53. The lowest BCUT2D eigenvalue weighted by Crippen LogP contribution is -2.53. The molecule has 0 spiro atoms. The van der Waals surface area contributed by atoms with Crippen molar-refractivity contribution in [2.24, 2.45) is 0 Å². The smallest absolute Gasteiger partial charge is 0.314 e. The maximum absolute atomic E-state index is 6.50. The molecular formula is C13H36NO2Si3+. The maximum atomic E-state index is 6.50. The van der Waals surface area contributed by atoms with Gasteiger partial charge in [-0.1, -0.05) is 0 Å². The van der Waals surface area contributed by atoms with Crippen molar-refractivity contribution in [2.75, 3.05) is 27.7 Å². The minimum atomic E-state index is -2.01. The number of rotatable bonds is 8. The molecule has 0 aliphatic heterocycles. The first-order valence-corrected chi connectivity index (χ1v) is 16.7. The van der Waals surface area contributed by atoms with Crippen molar-refractivity contribution in [3.63, 3.8) is 0 Å². The third-order valence-electron chi connectivity index (χ3n) is 2.50. The van der Waals surface area contributed by atoms with Crippen LogP contribution in [0.4, 0.5) is 0 Å². The molecule has 0 fully saturated rings. The van der Waals surface area contributed by atoms with Crippen molar-refractivity contribution in [1.82, 2.24) is 0 Å². The van der Waals surface area contributed by atoms with E-state index in [0.29, 0.717) is 0 Å². The highest BCUT2D eigenvalue weighted by Crippen LogP contribution is 2.25. The molecular weight excluding hydrogens is 286 g/mol. The molecule has 6 heteroatoms. The van der Waals surface area contributed by atoms with Gasteiger partial charge >= 0.3 is 8.56 Å². The van der Waals surface area contributed by atoms with Crippen molar-refractivity contribution in [3.8, 4) is 0 Å². The van der Waals surface area contributed by atoms with Crippen molar-refractivity contribution in [2.45, 2.75) is 58.3 Å². The lowest BCUT2D eigenvalue weighted by atomic mass is 10.4. The Bertz CT molecular complexity index is 261. The molecule has 0 saturated heterocycles. The average Bonchev–Trinajstić information content (AvgIpc) is 1.90. The third kappa shape index (κ3) is 12.0. The second-order valence-electron chi connectivity index (χ2n) is 8.68. The average molecular weight is 323 g/mol. The van der Waals surface area contributed by atoms with Crippen LogP contribution in [0, 0.1) is 0 Å². The second-order valence-corrected chi connectivity index (χ2v) is 21.5. The van der Waals surface area contributed by atoms with Gasteiger partial charge in [0.25, 0.3) is 0 Å². The van der Waals surface area contributed by atoms with Crippen LogP contribution in [0.2, 0.25) is 51.9 Å². The topological polar surface area (TPSA) is 18.5 Å². The molecule has 0 aromatic rings. The van der Waals surface area contributed by atoms with Crippen molar-refractivity contribution >= 4 is 25.2 Å². The predicted octanol–water partition coefficient (Wildman–Crippen LogP) is 3.86. The number of nitrogens with zero attached hydrogens (tertiary/aromatic N) is 1. The molecule has 0 rings (SSSR count). The number of hydrogen-bond acceptors (Lipinski definition) is 2. The van der Waals surface area contributed by atoms with Gasteiger partial charge in [-0.15, -0.1) is 0 Å². The van der Waals surface area contributed by atoms with Crippen LogP contribution in [-0.4, -0.2) is 57.4 Å². The van der Waals surface area contributed by atoms with Gasteiger partial charge in [0.15, 0.2) is 16.6 Å². The number of hydrogen-bond donors (Lipinski definition) is 0. The normalized spacial score (nSPS) is 14.8. The fourth-order valence-corrected chi connectivity index (χ4v) is 14.8. The Balaban J connectivity index is 4.68. The summed E-state index contributed by atoms with van der Waals surface area (Å²) in [6.45, 7) is 17.1. The molecule has 0 atom stereocenters. The zero-order chi connectivity index (χ0) is 15.5. The molecule has 0 aliphatic carbocycles. The van der Waals surface area contributed by atoms with Crippen molar-refractivity contribution in [1.29, 1.82) is 0 Å². The molecule has 0 aromatic heterocycles. The van der Waals surface area contributed by atoms with Crippen LogP contribution in [-0.2, 0) is 8.23 Å². The lowest BCUT2D eigenvalue weighted by molar-refractivity contribution is -0.870. The molecule has 0 bridgehead atoms. The largest absolute Gasteiger partial charge is 0.437 e. The Morgan fingerprint density at radius 3 is 1.37 bits per heavy atom. The summed E-state index contributed by atoms with van der Waals surface area (Å²) >= 11 is 0. The van der Waals surface area contributed by atoms with Crippen molar-refractivity contribution < 1.29 is 12.7 Å². The van der Waals surface area contributed by atoms with Gasteiger partial charge in [0, 0.05) is 0 Å². The van der Waals surface area contributed by atoms with Gasteiger partial charge in [0.1, 0.15) is 0 Å². The van der Waals surface area contributed by atoms with Crippen LogP contribution < -0.4 is 0 Å². The van der Waals surface area contributed by atoms with Gasteiger partial charge in [-0.3, -0.25) is 0 Å². The van der Waals surface area contributed by atoms with Crippen LogP contribution in [0.3, 0.4) is 0 Å². The fraction of sp³-hybridized carbons (Fsp3) is 1.00. The van der Waals surface area contributed by atoms with E-state index in [-0.39, 0.29) is 0 Å². The summed E-state index contributed by atoms with van der Waals surface area (Å²) < 4.78 is 14.0.